The van der Waals surface area contributed by atoms with Crippen LogP contribution in [0.25, 0.3) is 0 Å². The molecule has 28 heavy (non-hydrogen) atoms. The Morgan fingerprint density at radius 1 is 1.21 bits per heavy atom. The van der Waals surface area contributed by atoms with Gasteiger partial charge in [0.2, 0.25) is 11.8 Å². The van der Waals surface area contributed by atoms with Crippen LogP contribution in [0.3, 0.4) is 0 Å². The van der Waals surface area contributed by atoms with Gasteiger partial charge in [-0.15, -0.1) is 0 Å². The third-order valence-electron chi connectivity index (χ3n) is 5.01. The van der Waals surface area contributed by atoms with E-state index in [0.29, 0.717) is 24.9 Å². The van der Waals surface area contributed by atoms with Crippen LogP contribution in [0.15, 0.2) is 48.5 Å². The largest absolute Gasteiger partial charge is 0.496 e. The number of rotatable bonds is 5. The van der Waals surface area contributed by atoms with Crippen LogP contribution in [-0.4, -0.2) is 43.0 Å². The van der Waals surface area contributed by atoms with Gasteiger partial charge in [0.15, 0.2) is 0 Å². The van der Waals surface area contributed by atoms with E-state index >= 15 is 0 Å². The Hall–Kier alpha value is -3.33. The average Bonchev–Trinajstić information content (AvgIpc) is 2.73. The molecule has 1 saturated heterocycles. The number of piperazine rings is 1. The maximum atomic E-state index is 12.7. The Kier molecular flexibility index (Phi) is 5.95. The van der Waals surface area contributed by atoms with Crippen molar-refractivity contribution in [3.8, 4) is 11.8 Å². The molecule has 0 N–H and O–H groups in total. The molecule has 1 aliphatic heterocycles. The molecule has 2 amide bonds. The highest BCUT2D eigenvalue weighted by molar-refractivity contribution is 5.98. The van der Waals surface area contributed by atoms with Crippen molar-refractivity contribution < 1.29 is 14.3 Å². The van der Waals surface area contributed by atoms with Crippen molar-refractivity contribution in [1.29, 1.82) is 5.26 Å². The molecule has 0 aromatic heterocycles. The van der Waals surface area contributed by atoms with Gasteiger partial charge in [-0.25, -0.2) is 0 Å². The molecule has 1 aliphatic rings. The molecule has 3 rings (SSSR count). The zero-order chi connectivity index (χ0) is 20.1. The van der Waals surface area contributed by atoms with Crippen LogP contribution in [-0.2, 0) is 16.0 Å². The first-order valence-corrected chi connectivity index (χ1v) is 9.25. The highest BCUT2D eigenvalue weighted by atomic mass is 16.5. The van der Waals surface area contributed by atoms with E-state index in [1.165, 1.54) is 0 Å². The van der Waals surface area contributed by atoms with Crippen LogP contribution in [0.2, 0.25) is 0 Å². The number of carbonyl (C=O) groups excluding carboxylic acids is 2. The van der Waals surface area contributed by atoms with E-state index < -0.39 is 0 Å². The number of methoxy groups -OCH3 is 1. The van der Waals surface area contributed by atoms with Gasteiger partial charge >= 0.3 is 0 Å². The monoisotopic (exact) mass is 377 g/mol. The summed E-state index contributed by atoms with van der Waals surface area (Å²) in [5.41, 5.74) is 2.28. The smallest absolute Gasteiger partial charge is 0.246 e. The first-order chi connectivity index (χ1) is 13.5. The Morgan fingerprint density at radius 3 is 2.61 bits per heavy atom. The van der Waals surface area contributed by atoms with Crippen LogP contribution in [0.1, 0.15) is 24.5 Å². The van der Waals surface area contributed by atoms with Gasteiger partial charge in [0.1, 0.15) is 12.3 Å². The lowest BCUT2D eigenvalue weighted by atomic mass is 10.1. The molecule has 0 unspecified atom stereocenters. The Morgan fingerprint density at radius 2 is 1.93 bits per heavy atom. The highest BCUT2D eigenvalue weighted by Crippen LogP contribution is 2.23. The number of benzene rings is 2. The van der Waals surface area contributed by atoms with Crippen molar-refractivity contribution in [2.24, 2.45) is 0 Å². The number of nitrogens with zero attached hydrogens (tertiary/aromatic N) is 3. The molecule has 1 fully saturated rings. The number of hydrogen-bond donors (Lipinski definition) is 0. The van der Waals surface area contributed by atoms with E-state index in [2.05, 4.69) is 6.07 Å². The predicted molar refractivity (Wildman–Crippen MR) is 106 cm³/mol. The van der Waals surface area contributed by atoms with Crippen LogP contribution in [0.5, 0.6) is 5.75 Å². The second-order valence-electron chi connectivity index (χ2n) is 6.85. The summed E-state index contributed by atoms with van der Waals surface area (Å²) in [6, 6.07) is 16.5. The molecule has 144 valence electrons. The van der Waals surface area contributed by atoms with Crippen LogP contribution in [0, 0.1) is 11.3 Å². The maximum absolute atomic E-state index is 12.7. The highest BCUT2D eigenvalue weighted by Gasteiger charge is 2.33. The van der Waals surface area contributed by atoms with E-state index in [1.54, 1.807) is 41.2 Å². The number of amides is 2. The Balaban J connectivity index is 1.64. The van der Waals surface area contributed by atoms with Crippen molar-refractivity contribution in [1.82, 2.24) is 4.90 Å². The van der Waals surface area contributed by atoms with E-state index in [9.17, 15) is 9.59 Å². The summed E-state index contributed by atoms with van der Waals surface area (Å²) in [5, 5.41) is 8.91. The molecule has 6 heteroatoms. The average molecular weight is 377 g/mol. The third-order valence-corrected chi connectivity index (χ3v) is 5.01. The summed E-state index contributed by atoms with van der Waals surface area (Å²) in [6.45, 7) is 2.45. The lowest BCUT2D eigenvalue weighted by molar-refractivity contribution is -0.139. The Bertz CT molecular complexity index is 902. The number of para-hydroxylation sites is 1. The molecule has 0 aliphatic carbocycles. The minimum absolute atomic E-state index is 0.0359. The summed E-state index contributed by atoms with van der Waals surface area (Å²) in [7, 11) is 1.61. The molecular weight excluding hydrogens is 354 g/mol. The lowest BCUT2D eigenvalue weighted by Crippen LogP contribution is -2.57. The second kappa shape index (κ2) is 8.57. The van der Waals surface area contributed by atoms with E-state index in [1.807, 2.05) is 31.2 Å². The van der Waals surface area contributed by atoms with Gasteiger partial charge in [-0.3, -0.25) is 9.59 Å². The number of ether oxygens (including phenoxy) is 1. The number of aryl methyl sites for hydroxylation is 1. The number of anilines is 1. The van der Waals surface area contributed by atoms with E-state index in [-0.39, 0.29) is 24.4 Å². The number of nitriles is 1. The molecule has 1 atom stereocenters. The summed E-state index contributed by atoms with van der Waals surface area (Å²) in [4.78, 5) is 28.7. The van der Waals surface area contributed by atoms with Gasteiger partial charge in [0.25, 0.3) is 0 Å². The van der Waals surface area contributed by atoms with Crippen LogP contribution in [0.4, 0.5) is 5.69 Å². The van der Waals surface area contributed by atoms with Crippen molar-refractivity contribution in [2.45, 2.75) is 25.8 Å². The fourth-order valence-corrected chi connectivity index (χ4v) is 3.45. The van der Waals surface area contributed by atoms with Gasteiger partial charge in [-0.1, -0.05) is 18.2 Å². The third kappa shape index (κ3) is 4.15. The molecule has 0 radical (unpaired) electrons. The molecule has 6 nitrogen and oxygen atoms in total. The van der Waals surface area contributed by atoms with Crippen molar-refractivity contribution in [3.63, 3.8) is 0 Å². The fraction of sp³-hybridized carbons (Fsp3) is 0.318. The van der Waals surface area contributed by atoms with Crippen molar-refractivity contribution in [3.05, 3.63) is 59.7 Å². The van der Waals surface area contributed by atoms with Gasteiger partial charge in [-0.2, -0.15) is 5.26 Å². The first-order valence-electron chi connectivity index (χ1n) is 9.25. The van der Waals surface area contributed by atoms with Crippen LogP contribution < -0.4 is 9.64 Å². The van der Waals surface area contributed by atoms with Gasteiger partial charge in [0.05, 0.1) is 18.7 Å². The normalized spacial score (nSPS) is 16.6. The topological polar surface area (TPSA) is 73.6 Å². The minimum atomic E-state index is -0.117. The van der Waals surface area contributed by atoms with Crippen LogP contribution >= 0.6 is 0 Å². The zero-order valence-electron chi connectivity index (χ0n) is 16.1. The molecule has 0 spiro atoms. The first kappa shape index (κ1) is 19.4. The number of carbonyl (C=O) groups is 2. The molecule has 1 heterocycles. The summed E-state index contributed by atoms with van der Waals surface area (Å²) >= 11 is 0. The second-order valence-corrected chi connectivity index (χ2v) is 6.85. The summed E-state index contributed by atoms with van der Waals surface area (Å²) in [6.07, 6.45) is 0.897. The Labute approximate surface area is 164 Å². The molecule has 0 saturated carbocycles. The van der Waals surface area contributed by atoms with E-state index in [4.69, 9.17) is 10.00 Å². The SMILES string of the molecule is COc1ccccc1CCC(=O)N1CC(=O)N(c2ccc(C#N)cc2)C[C@H]1C. The van der Waals surface area contributed by atoms with E-state index in [0.717, 1.165) is 17.0 Å². The molecule has 2 aromatic rings. The molecule has 2 aromatic carbocycles. The lowest BCUT2D eigenvalue weighted by Gasteiger charge is -2.39. The summed E-state index contributed by atoms with van der Waals surface area (Å²) in [5.74, 6) is 0.616. The van der Waals surface area contributed by atoms with Crippen molar-refractivity contribution >= 4 is 17.5 Å². The maximum Gasteiger partial charge on any atom is 0.246 e. The van der Waals surface area contributed by atoms with Gasteiger partial charge in [0, 0.05) is 24.7 Å². The molecular formula is C22H23N3O3. The predicted octanol–water partition coefficient (Wildman–Crippen LogP) is 2.76. The zero-order valence-corrected chi connectivity index (χ0v) is 16.1. The summed E-state index contributed by atoms with van der Waals surface area (Å²) < 4.78 is 5.34. The quantitative estimate of drug-likeness (QED) is 0.803. The van der Waals surface area contributed by atoms with Gasteiger partial charge < -0.3 is 14.5 Å². The van der Waals surface area contributed by atoms with Gasteiger partial charge in [-0.05, 0) is 49.2 Å². The molecule has 0 bridgehead atoms. The number of hydrogen-bond acceptors (Lipinski definition) is 4. The van der Waals surface area contributed by atoms with Crippen molar-refractivity contribution in [2.75, 3.05) is 25.1 Å². The standard InChI is InChI=1S/C22H23N3O3/c1-16-14-25(19-10-7-17(13-23)8-11-19)22(27)15-24(16)21(26)12-9-18-5-3-4-6-20(18)28-2/h3-8,10-11,16H,9,12,14-15H2,1-2H3/t16-/m1/s1. The fourth-order valence-electron chi connectivity index (χ4n) is 3.45. The minimum Gasteiger partial charge on any atom is -0.496 e.